The molecule has 1 heterocycles. The van der Waals surface area contributed by atoms with E-state index >= 15 is 0 Å². The fourth-order valence-corrected chi connectivity index (χ4v) is 2.66. The van der Waals surface area contributed by atoms with Crippen LogP contribution in [-0.2, 0) is 4.74 Å². The van der Waals surface area contributed by atoms with Gasteiger partial charge in [-0.15, -0.1) is 0 Å². The highest BCUT2D eigenvalue weighted by atomic mass is 16.5. The monoisotopic (exact) mass is 327 g/mol. The Hall–Kier alpha value is -2.53. The number of nitrogens with one attached hydrogen (secondary N) is 1. The Kier molecular flexibility index (Phi) is 5.01. The average molecular weight is 327 g/mol. The molecule has 2 aromatic rings. The number of aromatic hydroxyl groups is 1. The molecule has 5 nitrogen and oxygen atoms in total. The molecule has 0 saturated carbocycles. The van der Waals surface area contributed by atoms with Gasteiger partial charge in [0.25, 0.3) is 0 Å². The smallest absolute Gasteiger partial charge is 0.338 e. The van der Waals surface area contributed by atoms with Gasteiger partial charge in [-0.2, -0.15) is 0 Å². The number of esters is 1. The van der Waals surface area contributed by atoms with Gasteiger partial charge in [0.05, 0.1) is 18.8 Å². The second kappa shape index (κ2) is 7.36. The Bertz CT molecular complexity index is 695. The molecule has 3 rings (SSSR count). The lowest BCUT2D eigenvalue weighted by Gasteiger charge is -2.18. The van der Waals surface area contributed by atoms with E-state index in [1.165, 1.54) is 0 Å². The van der Waals surface area contributed by atoms with Gasteiger partial charge in [-0.3, -0.25) is 0 Å². The Balaban J connectivity index is 1.65. The molecule has 1 fully saturated rings. The maximum absolute atomic E-state index is 11.6. The normalized spacial score (nSPS) is 17.1. The zero-order valence-corrected chi connectivity index (χ0v) is 13.6. The fourth-order valence-electron chi connectivity index (χ4n) is 2.66. The Morgan fingerprint density at radius 2 is 1.96 bits per heavy atom. The highest BCUT2D eigenvalue weighted by Crippen LogP contribution is 2.32. The lowest BCUT2D eigenvalue weighted by Crippen LogP contribution is -2.18. The van der Waals surface area contributed by atoms with E-state index < -0.39 is 0 Å². The summed E-state index contributed by atoms with van der Waals surface area (Å²) in [6, 6.07) is 14.6. The van der Waals surface area contributed by atoms with E-state index in [9.17, 15) is 9.90 Å². The largest absolute Gasteiger partial charge is 0.508 e. The van der Waals surface area contributed by atoms with Crippen molar-refractivity contribution in [2.75, 3.05) is 19.8 Å². The molecule has 0 aromatic heterocycles. The predicted molar refractivity (Wildman–Crippen MR) is 90.5 cm³/mol. The Morgan fingerprint density at radius 1 is 1.25 bits per heavy atom. The zero-order valence-electron chi connectivity index (χ0n) is 13.6. The molecule has 0 radical (unpaired) electrons. The third-order valence-corrected chi connectivity index (χ3v) is 4.06. The van der Waals surface area contributed by atoms with Crippen molar-refractivity contribution in [3.05, 3.63) is 59.7 Å². The average Bonchev–Trinajstić information content (AvgIpc) is 3.42. The van der Waals surface area contributed by atoms with Crippen molar-refractivity contribution >= 4 is 5.97 Å². The third kappa shape index (κ3) is 3.86. The lowest BCUT2D eigenvalue weighted by atomic mass is 9.95. The molecule has 2 unspecified atom stereocenters. The first kappa shape index (κ1) is 16.3. The van der Waals surface area contributed by atoms with E-state index in [0.717, 1.165) is 12.1 Å². The second-order valence-electron chi connectivity index (χ2n) is 5.74. The summed E-state index contributed by atoms with van der Waals surface area (Å²) in [4.78, 5) is 11.6. The van der Waals surface area contributed by atoms with E-state index in [1.807, 2.05) is 18.2 Å². The molecular weight excluding hydrogens is 306 g/mol. The highest BCUT2D eigenvalue weighted by molar-refractivity contribution is 5.89. The summed E-state index contributed by atoms with van der Waals surface area (Å²) in [7, 11) is 0. The van der Waals surface area contributed by atoms with Crippen LogP contribution >= 0.6 is 0 Å². The minimum absolute atomic E-state index is 0.0796. The van der Waals surface area contributed by atoms with Crippen LogP contribution in [0.4, 0.5) is 0 Å². The first-order chi connectivity index (χ1) is 11.7. The molecule has 24 heavy (non-hydrogen) atoms. The van der Waals surface area contributed by atoms with Crippen molar-refractivity contribution < 1.29 is 19.4 Å². The van der Waals surface area contributed by atoms with Gasteiger partial charge in [-0.25, -0.2) is 4.79 Å². The molecule has 0 spiro atoms. The number of para-hydroxylation sites is 1. The summed E-state index contributed by atoms with van der Waals surface area (Å²) in [5.41, 5.74) is 1.39. The summed E-state index contributed by atoms with van der Waals surface area (Å²) in [6.45, 7) is 3.51. The number of benzene rings is 2. The van der Waals surface area contributed by atoms with Crippen LogP contribution in [-0.4, -0.2) is 36.9 Å². The molecule has 0 bridgehead atoms. The quantitative estimate of drug-likeness (QED) is 0.604. The number of carbonyl (C=O) groups excluding carboxylic acids is 1. The molecule has 0 aliphatic carbocycles. The van der Waals surface area contributed by atoms with E-state index in [2.05, 4.69) is 5.32 Å². The number of ether oxygens (including phenoxy) is 2. The van der Waals surface area contributed by atoms with Crippen molar-refractivity contribution in [1.82, 2.24) is 5.32 Å². The van der Waals surface area contributed by atoms with Crippen LogP contribution in [0, 0.1) is 0 Å². The van der Waals surface area contributed by atoms with Gasteiger partial charge in [-0.1, -0.05) is 18.2 Å². The van der Waals surface area contributed by atoms with Crippen molar-refractivity contribution in [2.24, 2.45) is 0 Å². The maximum atomic E-state index is 11.6. The summed E-state index contributed by atoms with van der Waals surface area (Å²) in [5.74, 6) is 0.718. The van der Waals surface area contributed by atoms with Crippen LogP contribution in [0.25, 0.3) is 0 Å². The Morgan fingerprint density at radius 3 is 2.58 bits per heavy atom. The Labute approximate surface area is 141 Å². The van der Waals surface area contributed by atoms with Crippen LogP contribution in [0.15, 0.2) is 48.5 Å². The van der Waals surface area contributed by atoms with Crippen molar-refractivity contribution in [3.8, 4) is 11.5 Å². The number of phenols is 1. The lowest BCUT2D eigenvalue weighted by molar-refractivity contribution is 0.0526. The van der Waals surface area contributed by atoms with Crippen molar-refractivity contribution in [2.45, 2.75) is 18.9 Å². The van der Waals surface area contributed by atoms with Crippen molar-refractivity contribution in [1.29, 1.82) is 0 Å². The molecule has 1 saturated heterocycles. The first-order valence-corrected chi connectivity index (χ1v) is 8.10. The first-order valence-electron chi connectivity index (χ1n) is 8.10. The molecule has 1 aliphatic heterocycles. The van der Waals surface area contributed by atoms with E-state index in [4.69, 9.17) is 9.47 Å². The van der Waals surface area contributed by atoms with Crippen LogP contribution in [0.2, 0.25) is 0 Å². The standard InChI is InChI=1S/C19H21NO4/c1-2-23-19(22)13-7-9-14(10-8-13)24-12-16(17-11-20-17)15-5-3-4-6-18(15)21/h3-10,16-17,20-21H,2,11-12H2,1H3. The molecule has 126 valence electrons. The van der Waals surface area contributed by atoms with Gasteiger partial charge >= 0.3 is 5.97 Å². The van der Waals surface area contributed by atoms with Crippen LogP contribution in [0.5, 0.6) is 11.5 Å². The van der Waals surface area contributed by atoms with Gasteiger partial charge in [0.1, 0.15) is 11.5 Å². The van der Waals surface area contributed by atoms with Gasteiger partial charge in [0.15, 0.2) is 0 Å². The predicted octanol–water partition coefficient (Wildman–Crippen LogP) is 2.70. The van der Waals surface area contributed by atoms with Gasteiger partial charge in [0.2, 0.25) is 0 Å². The summed E-state index contributed by atoms with van der Waals surface area (Å²) in [6.07, 6.45) is 0. The molecule has 2 N–H and O–H groups in total. The maximum Gasteiger partial charge on any atom is 0.338 e. The van der Waals surface area contributed by atoms with E-state index in [0.29, 0.717) is 30.6 Å². The summed E-state index contributed by atoms with van der Waals surface area (Å²) in [5, 5.41) is 13.4. The molecule has 0 amide bonds. The van der Waals surface area contributed by atoms with Crippen LogP contribution < -0.4 is 10.1 Å². The van der Waals surface area contributed by atoms with E-state index in [-0.39, 0.29) is 17.6 Å². The number of phenolic OH excluding ortho intramolecular Hbond substituents is 1. The minimum atomic E-state index is -0.335. The number of carbonyl (C=O) groups is 1. The third-order valence-electron chi connectivity index (χ3n) is 4.06. The number of hydrogen-bond donors (Lipinski definition) is 2. The summed E-state index contributed by atoms with van der Waals surface area (Å²) < 4.78 is 10.8. The SMILES string of the molecule is CCOC(=O)c1ccc(OCC(c2ccccc2O)C2CN2)cc1. The van der Waals surface area contributed by atoms with Crippen LogP contribution in [0.3, 0.4) is 0 Å². The van der Waals surface area contributed by atoms with Gasteiger partial charge < -0.3 is 19.9 Å². The van der Waals surface area contributed by atoms with Gasteiger partial charge in [-0.05, 0) is 37.3 Å². The topological polar surface area (TPSA) is 77.7 Å². The minimum Gasteiger partial charge on any atom is -0.508 e. The molecule has 2 atom stereocenters. The second-order valence-corrected chi connectivity index (χ2v) is 5.74. The molecule has 5 heteroatoms. The fraction of sp³-hybridized carbons (Fsp3) is 0.316. The summed E-state index contributed by atoms with van der Waals surface area (Å²) >= 11 is 0. The highest BCUT2D eigenvalue weighted by Gasteiger charge is 2.33. The van der Waals surface area contributed by atoms with Crippen molar-refractivity contribution in [3.63, 3.8) is 0 Å². The van der Waals surface area contributed by atoms with Gasteiger partial charge in [0, 0.05) is 24.1 Å². The number of rotatable bonds is 7. The molecule has 1 aliphatic rings. The number of hydrogen-bond acceptors (Lipinski definition) is 5. The zero-order chi connectivity index (χ0) is 16.9. The molecular formula is C19H21NO4. The van der Waals surface area contributed by atoms with Crippen LogP contribution in [0.1, 0.15) is 28.8 Å². The molecule has 2 aromatic carbocycles. The van der Waals surface area contributed by atoms with E-state index in [1.54, 1.807) is 37.3 Å².